The maximum Gasteiger partial charge on any atom is 0.278 e. The van der Waals surface area contributed by atoms with E-state index in [0.717, 1.165) is 42.7 Å². The molecule has 1 N–H and O–H groups in total. The standard InChI is InChI=1S/C34H36N8O3/c43-31-23-45-30-11-9-26-21-29(30)40(31)15-6-1-2-7-16-41-33(44)27-22-35-34(37-32(27)42(26)41)36-25-8-10-28-24(20-25)12-17-39(28)19-18-38-13-4-3-5-14-38/h2,7-12,17,20-22H,1,3-6,13-16,18-19,23H2,(H,35,36,37)/b7-2-. The number of ether oxygens (including phenoxy) is 1. The van der Waals surface area contributed by atoms with Crippen molar-refractivity contribution < 1.29 is 9.53 Å². The summed E-state index contributed by atoms with van der Waals surface area (Å²) in [5.74, 6) is 0.981. The Bertz CT molecular complexity index is 2000. The van der Waals surface area contributed by atoms with Crippen molar-refractivity contribution in [3.63, 3.8) is 0 Å². The van der Waals surface area contributed by atoms with E-state index in [4.69, 9.17) is 9.72 Å². The van der Waals surface area contributed by atoms with Crippen LogP contribution in [0.15, 0.2) is 71.8 Å². The molecule has 0 radical (unpaired) electrons. The predicted molar refractivity (Wildman–Crippen MR) is 175 cm³/mol. The minimum Gasteiger partial charge on any atom is -0.482 e. The first-order valence-corrected chi connectivity index (χ1v) is 15.9. The number of aromatic nitrogens is 5. The van der Waals surface area contributed by atoms with Crippen molar-refractivity contribution in [2.75, 3.05) is 43.0 Å². The van der Waals surface area contributed by atoms with Gasteiger partial charge in [0.15, 0.2) is 12.3 Å². The summed E-state index contributed by atoms with van der Waals surface area (Å²) in [6.07, 6.45) is 13.4. The lowest BCUT2D eigenvalue weighted by Crippen LogP contribution is -2.39. The zero-order chi connectivity index (χ0) is 30.3. The van der Waals surface area contributed by atoms with Crippen molar-refractivity contribution in [1.29, 1.82) is 0 Å². The fourth-order valence-electron chi connectivity index (χ4n) is 6.78. The highest BCUT2D eigenvalue weighted by atomic mass is 16.5. The topological polar surface area (TPSA) is 102 Å². The Hall–Kier alpha value is -4.90. The molecule has 230 valence electrons. The van der Waals surface area contributed by atoms with Crippen molar-refractivity contribution in [3.8, 4) is 11.4 Å². The Labute approximate surface area is 260 Å². The van der Waals surface area contributed by atoms with Gasteiger partial charge in [0.05, 0.1) is 17.9 Å². The number of amides is 1. The maximum absolute atomic E-state index is 13.6. The number of rotatable bonds is 5. The molecule has 3 aromatic heterocycles. The molecule has 2 bridgehead atoms. The number of carbonyl (C=O) groups is 1. The predicted octanol–water partition coefficient (Wildman–Crippen LogP) is 4.84. The molecular formula is C34H36N8O3. The van der Waals surface area contributed by atoms with Gasteiger partial charge in [-0.25, -0.2) is 14.3 Å². The summed E-state index contributed by atoms with van der Waals surface area (Å²) < 4.78 is 11.5. The zero-order valence-corrected chi connectivity index (χ0v) is 25.2. The van der Waals surface area contributed by atoms with Gasteiger partial charge in [-0.1, -0.05) is 18.6 Å². The monoisotopic (exact) mass is 604 g/mol. The SMILES string of the molecule is O=C1COc2ccc3cc2N1CCC/C=C\Cn1c(=O)c2cnc(Nc4ccc5c(ccn5CCN5CCCCC5)c4)nc2n1-3. The highest BCUT2D eigenvalue weighted by Gasteiger charge is 2.27. The highest BCUT2D eigenvalue weighted by Crippen LogP contribution is 2.35. The van der Waals surface area contributed by atoms with Gasteiger partial charge in [-0.05, 0) is 81.2 Å². The Morgan fingerprint density at radius 2 is 1.82 bits per heavy atom. The van der Waals surface area contributed by atoms with Gasteiger partial charge in [-0.3, -0.25) is 9.59 Å². The van der Waals surface area contributed by atoms with Gasteiger partial charge in [-0.15, -0.1) is 0 Å². The van der Waals surface area contributed by atoms with Gasteiger partial charge in [0.25, 0.3) is 11.5 Å². The second kappa shape index (κ2) is 11.6. The smallest absolute Gasteiger partial charge is 0.278 e. The molecule has 0 atom stereocenters. The molecule has 0 spiro atoms. The van der Waals surface area contributed by atoms with Crippen LogP contribution in [0, 0.1) is 0 Å². The van der Waals surface area contributed by atoms with Crippen LogP contribution < -0.4 is 20.5 Å². The van der Waals surface area contributed by atoms with Crippen LogP contribution in [0.5, 0.6) is 5.75 Å². The van der Waals surface area contributed by atoms with Gasteiger partial charge in [0.2, 0.25) is 5.95 Å². The van der Waals surface area contributed by atoms with E-state index in [1.807, 2.05) is 35.0 Å². The Morgan fingerprint density at radius 3 is 2.73 bits per heavy atom. The molecule has 1 fully saturated rings. The van der Waals surface area contributed by atoms with Crippen LogP contribution in [0.4, 0.5) is 17.3 Å². The molecule has 11 nitrogen and oxygen atoms in total. The number of piperidine rings is 1. The number of hydrogen-bond donors (Lipinski definition) is 1. The zero-order valence-electron chi connectivity index (χ0n) is 25.2. The highest BCUT2D eigenvalue weighted by molar-refractivity contribution is 5.98. The summed E-state index contributed by atoms with van der Waals surface area (Å²) in [6.45, 7) is 5.46. The van der Waals surface area contributed by atoms with Gasteiger partial charge in [-0.2, -0.15) is 4.98 Å². The number of nitrogens with one attached hydrogen (secondary N) is 1. The normalized spacial score (nSPS) is 17.9. The molecule has 3 aliphatic rings. The third kappa shape index (κ3) is 5.16. The van der Waals surface area contributed by atoms with E-state index in [1.54, 1.807) is 15.8 Å². The van der Waals surface area contributed by atoms with Crippen molar-refractivity contribution in [2.45, 2.75) is 45.2 Å². The van der Waals surface area contributed by atoms with Crippen molar-refractivity contribution >= 4 is 45.2 Å². The molecule has 45 heavy (non-hydrogen) atoms. The first-order chi connectivity index (χ1) is 22.1. The van der Waals surface area contributed by atoms with Crippen molar-refractivity contribution in [2.24, 2.45) is 0 Å². The third-order valence-electron chi connectivity index (χ3n) is 9.14. The molecule has 0 aliphatic carbocycles. The maximum atomic E-state index is 13.6. The van der Waals surface area contributed by atoms with Crippen LogP contribution in [0.1, 0.15) is 32.1 Å². The number of anilines is 3. The average Bonchev–Trinajstić information content (AvgIpc) is 3.59. The fourth-order valence-corrected chi connectivity index (χ4v) is 6.78. The molecular weight excluding hydrogens is 568 g/mol. The van der Waals surface area contributed by atoms with Crippen LogP contribution >= 0.6 is 0 Å². The summed E-state index contributed by atoms with van der Waals surface area (Å²) >= 11 is 0. The molecule has 0 saturated carbocycles. The van der Waals surface area contributed by atoms with E-state index in [0.29, 0.717) is 41.5 Å². The fraction of sp³-hybridized carbons (Fsp3) is 0.353. The van der Waals surface area contributed by atoms with E-state index in [9.17, 15) is 9.59 Å². The first-order valence-electron chi connectivity index (χ1n) is 15.9. The quantitative estimate of drug-likeness (QED) is 0.287. The lowest BCUT2D eigenvalue weighted by Gasteiger charge is -2.30. The largest absolute Gasteiger partial charge is 0.482 e. The molecule has 1 saturated heterocycles. The Balaban J connectivity index is 1.13. The van der Waals surface area contributed by atoms with Crippen LogP contribution in [-0.2, 0) is 17.9 Å². The van der Waals surface area contributed by atoms with E-state index in [2.05, 4.69) is 50.2 Å². The third-order valence-corrected chi connectivity index (χ3v) is 9.14. The lowest BCUT2D eigenvalue weighted by molar-refractivity contribution is -0.121. The van der Waals surface area contributed by atoms with E-state index in [1.165, 1.54) is 37.9 Å². The van der Waals surface area contributed by atoms with E-state index >= 15 is 0 Å². The minimum absolute atomic E-state index is 0.0245. The number of allylic oxidation sites excluding steroid dienone is 2. The second-order valence-electron chi connectivity index (χ2n) is 12.0. The summed E-state index contributed by atoms with van der Waals surface area (Å²) in [5.41, 5.74) is 3.81. The van der Waals surface area contributed by atoms with E-state index in [-0.39, 0.29) is 18.1 Å². The first kappa shape index (κ1) is 27.6. The number of nitrogens with zero attached hydrogens (tertiary/aromatic N) is 7. The Kier molecular flexibility index (Phi) is 7.09. The molecule has 3 aliphatic heterocycles. The van der Waals surface area contributed by atoms with Crippen LogP contribution in [0.25, 0.3) is 27.6 Å². The number of likely N-dealkylation sites (tertiary alicyclic amines) is 1. The molecule has 2 aromatic carbocycles. The second-order valence-corrected chi connectivity index (χ2v) is 12.0. The number of fused-ring (bicyclic) bond motifs is 6. The molecule has 0 unspecified atom stereocenters. The summed E-state index contributed by atoms with van der Waals surface area (Å²) in [6, 6.07) is 14.1. The van der Waals surface area contributed by atoms with Crippen molar-refractivity contribution in [1.82, 2.24) is 28.8 Å². The average molecular weight is 605 g/mol. The van der Waals surface area contributed by atoms with Crippen LogP contribution in [0.3, 0.4) is 0 Å². The van der Waals surface area contributed by atoms with Gasteiger partial charge >= 0.3 is 0 Å². The van der Waals surface area contributed by atoms with Crippen molar-refractivity contribution in [3.05, 3.63) is 77.4 Å². The number of benzene rings is 2. The minimum atomic E-state index is -0.174. The van der Waals surface area contributed by atoms with Gasteiger partial charge < -0.3 is 24.4 Å². The summed E-state index contributed by atoms with van der Waals surface area (Å²) in [4.78, 5) is 40.1. The van der Waals surface area contributed by atoms with Gasteiger partial charge in [0, 0.05) is 48.6 Å². The molecule has 6 heterocycles. The van der Waals surface area contributed by atoms with Crippen LogP contribution in [0.2, 0.25) is 0 Å². The number of hydrogen-bond acceptors (Lipinski definition) is 7. The van der Waals surface area contributed by atoms with Gasteiger partial charge in [0.1, 0.15) is 11.1 Å². The molecule has 5 aromatic rings. The lowest BCUT2D eigenvalue weighted by atomic mass is 10.1. The summed E-state index contributed by atoms with van der Waals surface area (Å²) in [5, 5.41) is 4.93. The molecule has 11 heteroatoms. The molecule has 8 rings (SSSR count). The summed E-state index contributed by atoms with van der Waals surface area (Å²) in [7, 11) is 0. The van der Waals surface area contributed by atoms with E-state index < -0.39 is 0 Å². The molecule has 1 amide bonds. The van der Waals surface area contributed by atoms with Crippen LogP contribution in [-0.4, -0.2) is 67.5 Å². The number of carbonyl (C=O) groups excluding carboxylic acids is 1. The Morgan fingerprint density at radius 1 is 0.911 bits per heavy atom.